The molecule has 0 radical (unpaired) electrons. The van der Waals surface area contributed by atoms with Crippen LogP contribution in [0.3, 0.4) is 0 Å². The summed E-state index contributed by atoms with van der Waals surface area (Å²) in [5, 5.41) is 11.9. The van der Waals surface area contributed by atoms with Crippen LogP contribution in [-0.2, 0) is 0 Å². The normalized spacial score (nSPS) is 16.6. The zero-order chi connectivity index (χ0) is 6.81. The van der Waals surface area contributed by atoms with Crippen LogP contribution >= 0.6 is 11.3 Å². The lowest BCUT2D eigenvalue weighted by atomic mass is 10.4. The van der Waals surface area contributed by atoms with E-state index in [0.29, 0.717) is 0 Å². The number of aromatic nitrogens is 2. The van der Waals surface area contributed by atoms with Crippen LogP contribution < -0.4 is 5.32 Å². The van der Waals surface area contributed by atoms with Crippen molar-refractivity contribution < 1.29 is 0 Å². The molecule has 2 rings (SSSR count). The first kappa shape index (κ1) is 5.85. The number of nitrogens with zero attached hydrogens (tertiary/aromatic N) is 2. The number of hydrogen-bond donors (Lipinski definition) is 1. The van der Waals surface area contributed by atoms with Gasteiger partial charge in [-0.15, -0.1) is 10.2 Å². The molecule has 0 aliphatic carbocycles. The second-order valence-corrected chi connectivity index (χ2v) is 2.91. The van der Waals surface area contributed by atoms with Gasteiger partial charge in [0.1, 0.15) is 5.51 Å². The molecule has 52 valence electrons. The van der Waals surface area contributed by atoms with E-state index in [1.54, 1.807) is 16.8 Å². The van der Waals surface area contributed by atoms with E-state index in [1.807, 2.05) is 0 Å². The van der Waals surface area contributed by atoms with Crippen LogP contribution in [0.15, 0.2) is 11.6 Å². The van der Waals surface area contributed by atoms with Crippen molar-refractivity contribution in [2.24, 2.45) is 0 Å². The predicted molar refractivity (Wildman–Crippen MR) is 40.5 cm³/mol. The second kappa shape index (κ2) is 2.38. The third-order valence-electron chi connectivity index (χ3n) is 1.40. The Labute approximate surface area is 62.8 Å². The topological polar surface area (TPSA) is 37.8 Å². The van der Waals surface area contributed by atoms with Gasteiger partial charge in [-0.05, 0) is 6.42 Å². The largest absolute Gasteiger partial charge is 0.383 e. The molecule has 0 aromatic carbocycles. The molecule has 0 unspecified atom stereocenters. The van der Waals surface area contributed by atoms with Gasteiger partial charge in [-0.25, -0.2) is 0 Å². The van der Waals surface area contributed by atoms with Gasteiger partial charge in [0.2, 0.25) is 0 Å². The van der Waals surface area contributed by atoms with Crippen molar-refractivity contribution in [2.45, 2.75) is 6.42 Å². The lowest BCUT2D eigenvalue weighted by Crippen LogP contribution is -2.05. The summed E-state index contributed by atoms with van der Waals surface area (Å²) in [5.41, 5.74) is 2.89. The molecular formula is C6H7N3S. The van der Waals surface area contributed by atoms with E-state index in [2.05, 4.69) is 21.6 Å². The summed E-state index contributed by atoms with van der Waals surface area (Å²) in [6, 6.07) is 0. The highest BCUT2D eigenvalue weighted by Crippen LogP contribution is 2.16. The van der Waals surface area contributed by atoms with E-state index in [1.165, 1.54) is 0 Å². The van der Waals surface area contributed by atoms with Crippen LogP contribution in [0.25, 0.3) is 5.70 Å². The minimum absolute atomic E-state index is 0.998. The van der Waals surface area contributed by atoms with E-state index in [4.69, 9.17) is 0 Å². The van der Waals surface area contributed by atoms with Crippen LogP contribution in [0.2, 0.25) is 0 Å². The second-order valence-electron chi connectivity index (χ2n) is 2.08. The molecule has 3 nitrogen and oxygen atoms in total. The minimum atomic E-state index is 0.998. The average molecular weight is 153 g/mol. The SMILES string of the molecule is C1=C(c2nncs2)NCC1. The van der Waals surface area contributed by atoms with Crippen molar-refractivity contribution in [1.29, 1.82) is 0 Å². The van der Waals surface area contributed by atoms with Gasteiger partial charge in [0.05, 0.1) is 5.70 Å². The molecule has 4 heteroatoms. The first-order chi connectivity index (χ1) is 4.97. The smallest absolute Gasteiger partial charge is 0.163 e. The maximum Gasteiger partial charge on any atom is 0.163 e. The highest BCUT2D eigenvalue weighted by atomic mass is 32.1. The first-order valence-electron chi connectivity index (χ1n) is 3.17. The molecule has 1 aromatic heterocycles. The quantitative estimate of drug-likeness (QED) is 0.650. The van der Waals surface area contributed by atoms with E-state index < -0.39 is 0 Å². The van der Waals surface area contributed by atoms with Crippen molar-refractivity contribution in [3.8, 4) is 0 Å². The van der Waals surface area contributed by atoms with Gasteiger partial charge < -0.3 is 5.32 Å². The monoisotopic (exact) mass is 153 g/mol. The first-order valence-corrected chi connectivity index (χ1v) is 4.05. The highest BCUT2D eigenvalue weighted by Gasteiger charge is 2.07. The van der Waals surface area contributed by atoms with Gasteiger partial charge >= 0.3 is 0 Å². The zero-order valence-electron chi connectivity index (χ0n) is 5.37. The van der Waals surface area contributed by atoms with Gasteiger partial charge in [-0.3, -0.25) is 0 Å². The van der Waals surface area contributed by atoms with Gasteiger partial charge in [-0.2, -0.15) is 0 Å². The molecule has 1 aliphatic heterocycles. The molecular weight excluding hydrogens is 146 g/mol. The molecule has 0 spiro atoms. The third kappa shape index (κ3) is 0.903. The Morgan fingerprint density at radius 1 is 1.60 bits per heavy atom. The molecule has 0 bridgehead atoms. The van der Waals surface area contributed by atoms with Crippen molar-refractivity contribution in [3.05, 3.63) is 16.6 Å². The summed E-state index contributed by atoms with van der Waals surface area (Å²) in [4.78, 5) is 0. The molecule has 1 aromatic rings. The summed E-state index contributed by atoms with van der Waals surface area (Å²) in [7, 11) is 0. The third-order valence-corrected chi connectivity index (χ3v) is 2.12. The molecule has 1 N–H and O–H groups in total. The van der Waals surface area contributed by atoms with E-state index in [-0.39, 0.29) is 0 Å². The van der Waals surface area contributed by atoms with Crippen LogP contribution in [0, 0.1) is 0 Å². The highest BCUT2D eigenvalue weighted by molar-refractivity contribution is 7.10. The molecule has 0 saturated carbocycles. The van der Waals surface area contributed by atoms with Crippen LogP contribution in [0.5, 0.6) is 0 Å². The van der Waals surface area contributed by atoms with Crippen molar-refractivity contribution in [3.63, 3.8) is 0 Å². The molecule has 2 heterocycles. The molecule has 0 amide bonds. The van der Waals surface area contributed by atoms with Gasteiger partial charge in [-0.1, -0.05) is 17.4 Å². The lowest BCUT2D eigenvalue weighted by molar-refractivity contribution is 0.921. The fraction of sp³-hybridized carbons (Fsp3) is 0.333. The van der Waals surface area contributed by atoms with Crippen LogP contribution in [-0.4, -0.2) is 16.7 Å². The number of hydrogen-bond acceptors (Lipinski definition) is 4. The summed E-state index contributed by atoms with van der Waals surface area (Å²) in [6.45, 7) is 1.04. The molecule has 1 aliphatic rings. The average Bonchev–Trinajstić information content (AvgIpc) is 2.59. The molecule has 0 atom stereocenters. The molecule has 10 heavy (non-hydrogen) atoms. The van der Waals surface area contributed by atoms with E-state index in [9.17, 15) is 0 Å². The molecule has 0 saturated heterocycles. The Balaban J connectivity index is 2.28. The van der Waals surface area contributed by atoms with Crippen LogP contribution in [0.1, 0.15) is 11.4 Å². The lowest BCUT2D eigenvalue weighted by Gasteiger charge is -1.95. The number of nitrogens with one attached hydrogen (secondary N) is 1. The maximum absolute atomic E-state index is 3.94. The van der Waals surface area contributed by atoms with E-state index in [0.717, 1.165) is 23.7 Å². The summed E-state index contributed by atoms with van der Waals surface area (Å²) >= 11 is 1.57. The van der Waals surface area contributed by atoms with Crippen molar-refractivity contribution in [1.82, 2.24) is 15.5 Å². The Morgan fingerprint density at radius 2 is 2.60 bits per heavy atom. The zero-order valence-corrected chi connectivity index (χ0v) is 6.19. The van der Waals surface area contributed by atoms with E-state index >= 15 is 0 Å². The fourth-order valence-corrected chi connectivity index (χ4v) is 1.52. The standard InChI is InChI=1S/C6H7N3S/c1-2-5(7-3-1)6-9-8-4-10-6/h2,4,7H,1,3H2. The minimum Gasteiger partial charge on any atom is -0.383 e. The van der Waals surface area contributed by atoms with Gasteiger partial charge in [0.25, 0.3) is 0 Å². The Kier molecular flexibility index (Phi) is 1.39. The van der Waals surface area contributed by atoms with Crippen molar-refractivity contribution >= 4 is 17.0 Å². The summed E-state index contributed by atoms with van der Waals surface area (Å²) < 4.78 is 0. The summed E-state index contributed by atoms with van der Waals surface area (Å²) in [6.07, 6.45) is 3.26. The fourth-order valence-electron chi connectivity index (χ4n) is 0.949. The Hall–Kier alpha value is -0.900. The Morgan fingerprint density at radius 3 is 3.20 bits per heavy atom. The van der Waals surface area contributed by atoms with Gasteiger partial charge in [0.15, 0.2) is 5.01 Å². The van der Waals surface area contributed by atoms with Gasteiger partial charge in [0, 0.05) is 6.54 Å². The van der Waals surface area contributed by atoms with Crippen LogP contribution in [0.4, 0.5) is 0 Å². The number of rotatable bonds is 1. The molecule has 0 fully saturated rings. The Bertz CT molecular complexity index is 240. The van der Waals surface area contributed by atoms with Crippen molar-refractivity contribution in [2.75, 3.05) is 6.54 Å². The maximum atomic E-state index is 3.94. The summed E-state index contributed by atoms with van der Waals surface area (Å²) in [5.74, 6) is 0. The predicted octanol–water partition coefficient (Wildman–Crippen LogP) is 0.872.